The normalized spacial score (nSPS) is 35.4. The lowest BCUT2D eigenvalue weighted by molar-refractivity contribution is -0.150. The van der Waals surface area contributed by atoms with Crippen LogP contribution in [-0.4, -0.2) is 28.8 Å². The van der Waals surface area contributed by atoms with Gasteiger partial charge in [0.25, 0.3) is 0 Å². The smallest absolute Gasteiger partial charge is 0.229 e. The number of imide groups is 1. The number of rotatable bonds is 1. The fraction of sp³-hybridized carbons (Fsp3) is 0.778. The molecular formula is C9H14N2O2. The van der Waals surface area contributed by atoms with Crippen molar-refractivity contribution in [1.29, 1.82) is 0 Å². The van der Waals surface area contributed by atoms with Crippen molar-refractivity contribution in [3.63, 3.8) is 0 Å². The fourth-order valence-electron chi connectivity index (χ4n) is 1.87. The molecule has 72 valence electrons. The molecule has 2 amide bonds. The second kappa shape index (κ2) is 2.80. The van der Waals surface area contributed by atoms with E-state index in [0.717, 1.165) is 6.42 Å². The summed E-state index contributed by atoms with van der Waals surface area (Å²) >= 11 is 0. The Bertz CT molecular complexity index is 246. The summed E-state index contributed by atoms with van der Waals surface area (Å²) in [4.78, 5) is 24.4. The van der Waals surface area contributed by atoms with Crippen LogP contribution in [0.5, 0.6) is 0 Å². The van der Waals surface area contributed by atoms with E-state index in [9.17, 15) is 9.59 Å². The minimum atomic E-state index is -0.0401. The van der Waals surface area contributed by atoms with Gasteiger partial charge in [0.15, 0.2) is 0 Å². The van der Waals surface area contributed by atoms with Gasteiger partial charge in [0.05, 0.1) is 6.04 Å². The molecule has 1 saturated heterocycles. The van der Waals surface area contributed by atoms with Crippen molar-refractivity contribution < 1.29 is 9.59 Å². The molecule has 1 aliphatic heterocycles. The molecule has 2 rings (SSSR count). The van der Waals surface area contributed by atoms with Crippen LogP contribution in [0.4, 0.5) is 0 Å². The lowest BCUT2D eigenvalue weighted by atomic mass is 9.98. The highest BCUT2D eigenvalue weighted by Gasteiger charge is 2.46. The number of nitrogens with two attached hydrogens (primary N) is 1. The average molecular weight is 182 g/mol. The predicted molar refractivity (Wildman–Crippen MR) is 46.6 cm³/mol. The number of nitrogens with zero attached hydrogens (tertiary/aromatic N) is 1. The number of likely N-dealkylation sites (tertiary alicyclic amines) is 1. The second-order valence-electron chi connectivity index (χ2n) is 4.14. The van der Waals surface area contributed by atoms with E-state index in [1.165, 1.54) is 4.90 Å². The number of hydrogen-bond acceptors (Lipinski definition) is 3. The Morgan fingerprint density at radius 3 is 2.15 bits per heavy atom. The molecule has 2 aliphatic rings. The maximum absolute atomic E-state index is 11.5. The Kier molecular flexibility index (Phi) is 1.87. The van der Waals surface area contributed by atoms with Crippen molar-refractivity contribution in [2.24, 2.45) is 11.7 Å². The van der Waals surface area contributed by atoms with Crippen molar-refractivity contribution in [1.82, 2.24) is 4.90 Å². The van der Waals surface area contributed by atoms with Crippen LogP contribution in [0.25, 0.3) is 0 Å². The highest BCUT2D eigenvalue weighted by atomic mass is 16.2. The summed E-state index contributed by atoms with van der Waals surface area (Å²) in [6, 6.07) is 0.0359. The molecule has 1 aliphatic carbocycles. The summed E-state index contributed by atoms with van der Waals surface area (Å²) in [6.07, 6.45) is 1.77. The molecule has 1 heterocycles. The van der Waals surface area contributed by atoms with Gasteiger partial charge in [-0.2, -0.15) is 0 Å². The van der Waals surface area contributed by atoms with Crippen LogP contribution in [-0.2, 0) is 9.59 Å². The first-order chi connectivity index (χ1) is 6.09. The van der Waals surface area contributed by atoms with E-state index < -0.39 is 0 Å². The zero-order valence-electron chi connectivity index (χ0n) is 7.69. The topological polar surface area (TPSA) is 63.4 Å². The summed E-state index contributed by atoms with van der Waals surface area (Å²) in [7, 11) is 0. The zero-order valence-corrected chi connectivity index (χ0v) is 7.69. The van der Waals surface area contributed by atoms with Crippen LogP contribution in [0.3, 0.4) is 0 Å². The monoisotopic (exact) mass is 182 g/mol. The molecule has 4 heteroatoms. The summed E-state index contributed by atoms with van der Waals surface area (Å²) in [5.41, 5.74) is 5.61. The first kappa shape index (κ1) is 8.69. The van der Waals surface area contributed by atoms with Crippen molar-refractivity contribution in [3.8, 4) is 0 Å². The van der Waals surface area contributed by atoms with Crippen LogP contribution in [0.1, 0.15) is 26.2 Å². The molecule has 0 radical (unpaired) electrons. The molecule has 13 heavy (non-hydrogen) atoms. The van der Waals surface area contributed by atoms with Gasteiger partial charge in [-0.1, -0.05) is 6.92 Å². The summed E-state index contributed by atoms with van der Waals surface area (Å²) in [5, 5.41) is 0. The Hall–Kier alpha value is -0.900. The van der Waals surface area contributed by atoms with E-state index in [0.29, 0.717) is 12.8 Å². The molecular weight excluding hydrogens is 168 g/mol. The van der Waals surface area contributed by atoms with Gasteiger partial charge < -0.3 is 5.73 Å². The Balaban J connectivity index is 2.09. The molecule has 0 aromatic rings. The maximum atomic E-state index is 11.5. The summed E-state index contributed by atoms with van der Waals surface area (Å²) < 4.78 is 0. The van der Waals surface area contributed by atoms with Crippen LogP contribution >= 0.6 is 0 Å². The largest absolute Gasteiger partial charge is 0.326 e. The lowest BCUT2D eigenvalue weighted by Crippen LogP contribution is -2.45. The first-order valence-electron chi connectivity index (χ1n) is 4.70. The van der Waals surface area contributed by atoms with E-state index in [1.807, 2.05) is 6.92 Å². The van der Waals surface area contributed by atoms with Crippen LogP contribution in [0.2, 0.25) is 0 Å². The van der Waals surface area contributed by atoms with E-state index in [-0.39, 0.29) is 29.8 Å². The van der Waals surface area contributed by atoms with Crippen LogP contribution in [0, 0.1) is 5.92 Å². The van der Waals surface area contributed by atoms with Crippen LogP contribution < -0.4 is 5.73 Å². The quantitative estimate of drug-likeness (QED) is 0.574. The third-order valence-corrected chi connectivity index (χ3v) is 2.72. The first-order valence-corrected chi connectivity index (χ1v) is 4.70. The number of amides is 2. The standard InChI is InChI=1S/C9H14N2O2/c1-5-2-8(12)11(9(13)3-5)7-4-6(7)10/h5-7H,2-4,10H2,1H3. The highest BCUT2D eigenvalue weighted by molar-refractivity contribution is 5.98. The minimum absolute atomic E-state index is 0.00694. The van der Waals surface area contributed by atoms with E-state index in [4.69, 9.17) is 5.73 Å². The van der Waals surface area contributed by atoms with Gasteiger partial charge in [0.2, 0.25) is 11.8 Å². The van der Waals surface area contributed by atoms with Crippen molar-refractivity contribution in [3.05, 3.63) is 0 Å². The van der Waals surface area contributed by atoms with Gasteiger partial charge in [-0.05, 0) is 12.3 Å². The van der Waals surface area contributed by atoms with E-state index in [1.54, 1.807) is 0 Å². The van der Waals surface area contributed by atoms with Gasteiger partial charge in [-0.15, -0.1) is 0 Å². The van der Waals surface area contributed by atoms with Gasteiger partial charge in [-0.25, -0.2) is 0 Å². The molecule has 0 spiro atoms. The number of piperidine rings is 1. The third kappa shape index (κ3) is 1.46. The van der Waals surface area contributed by atoms with Gasteiger partial charge >= 0.3 is 0 Å². The van der Waals surface area contributed by atoms with Gasteiger partial charge in [0, 0.05) is 18.9 Å². The summed E-state index contributed by atoms with van der Waals surface area (Å²) in [6.45, 7) is 1.93. The van der Waals surface area contributed by atoms with Crippen molar-refractivity contribution in [2.75, 3.05) is 0 Å². The van der Waals surface area contributed by atoms with Crippen molar-refractivity contribution >= 4 is 11.8 Å². The molecule has 2 fully saturated rings. The van der Waals surface area contributed by atoms with E-state index in [2.05, 4.69) is 0 Å². The number of carbonyl (C=O) groups is 2. The molecule has 0 aromatic carbocycles. The SMILES string of the molecule is CC1CC(=O)N(C2CC2N)C(=O)C1. The molecule has 0 bridgehead atoms. The van der Waals surface area contributed by atoms with Crippen molar-refractivity contribution in [2.45, 2.75) is 38.3 Å². The Morgan fingerprint density at radius 1 is 1.31 bits per heavy atom. The minimum Gasteiger partial charge on any atom is -0.326 e. The molecule has 2 unspecified atom stereocenters. The van der Waals surface area contributed by atoms with Gasteiger partial charge in [-0.3, -0.25) is 14.5 Å². The predicted octanol–water partition coefficient (Wildman–Crippen LogP) is -0.129. The van der Waals surface area contributed by atoms with Crippen LogP contribution in [0.15, 0.2) is 0 Å². The molecule has 4 nitrogen and oxygen atoms in total. The molecule has 2 N–H and O–H groups in total. The fourth-order valence-corrected chi connectivity index (χ4v) is 1.87. The average Bonchev–Trinajstić information content (AvgIpc) is 2.64. The number of carbonyl (C=O) groups excluding carboxylic acids is 2. The summed E-state index contributed by atoms with van der Waals surface area (Å²) in [5.74, 6) is 0.120. The lowest BCUT2D eigenvalue weighted by Gasteiger charge is -2.28. The Morgan fingerprint density at radius 2 is 1.77 bits per heavy atom. The molecule has 2 atom stereocenters. The molecule has 1 saturated carbocycles. The zero-order chi connectivity index (χ0) is 9.59. The highest BCUT2D eigenvalue weighted by Crippen LogP contribution is 2.31. The Labute approximate surface area is 77.1 Å². The second-order valence-corrected chi connectivity index (χ2v) is 4.14. The van der Waals surface area contributed by atoms with E-state index >= 15 is 0 Å². The third-order valence-electron chi connectivity index (χ3n) is 2.72. The van der Waals surface area contributed by atoms with Gasteiger partial charge in [0.1, 0.15) is 0 Å². The number of hydrogen-bond donors (Lipinski definition) is 1. The maximum Gasteiger partial charge on any atom is 0.229 e. The molecule has 0 aromatic heterocycles.